The Balaban J connectivity index is 2.87. The van der Waals surface area contributed by atoms with Crippen LogP contribution in [0.2, 0.25) is 0 Å². The first-order valence-corrected chi connectivity index (χ1v) is 6.52. The highest BCUT2D eigenvalue weighted by molar-refractivity contribution is 7.85. The number of rotatable bonds is 3. The smallest absolute Gasteiger partial charge is 0.127 e. The molecular formula is C12H18FNOS. The number of nitrogens with two attached hydrogens (primary N) is 1. The van der Waals surface area contributed by atoms with Crippen molar-refractivity contribution >= 4 is 10.8 Å². The molecule has 0 heterocycles. The van der Waals surface area contributed by atoms with E-state index < -0.39 is 10.8 Å². The van der Waals surface area contributed by atoms with Crippen LogP contribution in [0.4, 0.5) is 4.39 Å². The fourth-order valence-corrected chi connectivity index (χ4v) is 2.14. The van der Waals surface area contributed by atoms with Crippen LogP contribution in [0.3, 0.4) is 0 Å². The van der Waals surface area contributed by atoms with E-state index >= 15 is 0 Å². The van der Waals surface area contributed by atoms with Crippen molar-refractivity contribution in [3.63, 3.8) is 0 Å². The molecule has 0 amide bonds. The first-order valence-electron chi connectivity index (χ1n) is 5.20. The molecule has 0 aromatic heterocycles. The van der Waals surface area contributed by atoms with Gasteiger partial charge in [-0.1, -0.05) is 12.1 Å². The van der Waals surface area contributed by atoms with Gasteiger partial charge in [0.2, 0.25) is 0 Å². The summed E-state index contributed by atoms with van der Waals surface area (Å²) in [5.41, 5.74) is 6.66. The first kappa shape index (κ1) is 13.3. The summed E-state index contributed by atoms with van der Waals surface area (Å²) in [6, 6.07) is 4.86. The van der Waals surface area contributed by atoms with Gasteiger partial charge in [0.1, 0.15) is 5.82 Å². The van der Waals surface area contributed by atoms with Crippen molar-refractivity contribution in [3.05, 3.63) is 35.1 Å². The van der Waals surface area contributed by atoms with E-state index in [2.05, 4.69) is 0 Å². The van der Waals surface area contributed by atoms with Gasteiger partial charge in [-0.15, -0.1) is 0 Å². The van der Waals surface area contributed by atoms with Crippen molar-refractivity contribution in [1.82, 2.24) is 0 Å². The molecule has 1 aromatic rings. The third-order valence-corrected chi connectivity index (χ3v) is 4.26. The van der Waals surface area contributed by atoms with Crippen LogP contribution in [0.25, 0.3) is 0 Å². The van der Waals surface area contributed by atoms with Crippen LogP contribution in [0.5, 0.6) is 0 Å². The van der Waals surface area contributed by atoms with Crippen molar-refractivity contribution in [1.29, 1.82) is 0 Å². The second-order valence-corrected chi connectivity index (χ2v) is 6.94. The average Bonchev–Trinajstić information content (AvgIpc) is 2.19. The Bertz CT molecular complexity index is 398. The molecule has 1 aromatic carbocycles. The Morgan fingerprint density at radius 1 is 1.38 bits per heavy atom. The quantitative estimate of drug-likeness (QED) is 0.885. The summed E-state index contributed by atoms with van der Waals surface area (Å²) in [6.07, 6.45) is 0. The Morgan fingerprint density at radius 3 is 2.44 bits per heavy atom. The molecule has 0 aliphatic rings. The van der Waals surface area contributed by atoms with Crippen LogP contribution in [0.1, 0.15) is 31.9 Å². The maximum absolute atomic E-state index is 13.6. The molecule has 90 valence electrons. The molecule has 2 nitrogen and oxygen atoms in total. The van der Waals surface area contributed by atoms with Gasteiger partial charge < -0.3 is 5.73 Å². The lowest BCUT2D eigenvalue weighted by Crippen LogP contribution is -2.23. The Hall–Kier alpha value is -0.740. The summed E-state index contributed by atoms with van der Waals surface area (Å²) in [4.78, 5) is 0. The minimum absolute atomic E-state index is 0.250. The van der Waals surface area contributed by atoms with E-state index in [1.165, 1.54) is 6.07 Å². The summed E-state index contributed by atoms with van der Waals surface area (Å²) >= 11 is 0. The third-order valence-electron chi connectivity index (χ3n) is 2.32. The molecule has 1 unspecified atom stereocenters. The second kappa shape index (κ2) is 5.06. The van der Waals surface area contributed by atoms with Gasteiger partial charge in [-0.25, -0.2) is 4.39 Å². The summed E-state index contributed by atoms with van der Waals surface area (Å²) < 4.78 is 25.1. The topological polar surface area (TPSA) is 43.1 Å². The molecule has 0 spiro atoms. The van der Waals surface area contributed by atoms with Gasteiger partial charge in [-0.3, -0.25) is 4.21 Å². The predicted molar refractivity (Wildman–Crippen MR) is 65.9 cm³/mol. The Labute approximate surface area is 98.5 Å². The number of halogens is 1. The number of benzene rings is 1. The molecule has 0 radical (unpaired) electrons. The summed E-state index contributed by atoms with van der Waals surface area (Å²) in [5.74, 6) is -0.0688. The van der Waals surface area contributed by atoms with E-state index in [1.807, 2.05) is 20.8 Å². The van der Waals surface area contributed by atoms with Crippen LogP contribution >= 0.6 is 0 Å². The SMILES string of the molecule is CC(C)(C)S(=O)Cc1ccc(CN)cc1F. The van der Waals surface area contributed by atoms with Gasteiger partial charge in [0, 0.05) is 27.7 Å². The summed E-state index contributed by atoms with van der Waals surface area (Å²) in [7, 11) is -1.08. The van der Waals surface area contributed by atoms with Crippen molar-refractivity contribution < 1.29 is 8.60 Å². The molecule has 0 saturated heterocycles. The van der Waals surface area contributed by atoms with Gasteiger partial charge in [0.15, 0.2) is 0 Å². The highest BCUT2D eigenvalue weighted by Gasteiger charge is 2.20. The van der Waals surface area contributed by atoms with E-state index in [-0.39, 0.29) is 16.3 Å². The molecule has 0 fully saturated rings. The molecule has 1 rings (SSSR count). The minimum atomic E-state index is -1.08. The molecule has 0 bridgehead atoms. The molecule has 1 atom stereocenters. The minimum Gasteiger partial charge on any atom is -0.326 e. The zero-order valence-electron chi connectivity index (χ0n) is 9.92. The number of hydrogen-bond acceptors (Lipinski definition) is 2. The van der Waals surface area contributed by atoms with Gasteiger partial charge in [0.05, 0.1) is 5.75 Å². The third kappa shape index (κ3) is 3.39. The van der Waals surface area contributed by atoms with E-state index in [0.717, 1.165) is 5.56 Å². The summed E-state index contributed by atoms with van der Waals surface area (Å²) in [5, 5.41) is 0. The van der Waals surface area contributed by atoms with E-state index in [9.17, 15) is 8.60 Å². The standard InChI is InChI=1S/C12H18FNOS/c1-12(2,3)16(15)8-10-5-4-9(7-14)6-11(10)13/h4-6H,7-8,14H2,1-3H3. The molecule has 0 aliphatic heterocycles. The van der Waals surface area contributed by atoms with Crippen LogP contribution in [-0.4, -0.2) is 8.96 Å². The lowest BCUT2D eigenvalue weighted by molar-refractivity contribution is 0.609. The fraction of sp³-hybridized carbons (Fsp3) is 0.500. The zero-order chi connectivity index (χ0) is 12.3. The maximum atomic E-state index is 13.6. The predicted octanol–water partition coefficient (Wildman–Crippen LogP) is 2.33. The largest absolute Gasteiger partial charge is 0.326 e. The maximum Gasteiger partial charge on any atom is 0.127 e. The fourth-order valence-electron chi connectivity index (χ4n) is 1.19. The Kier molecular flexibility index (Phi) is 4.21. The number of hydrogen-bond donors (Lipinski definition) is 1. The van der Waals surface area contributed by atoms with Crippen LogP contribution in [0, 0.1) is 5.82 Å². The van der Waals surface area contributed by atoms with Gasteiger partial charge in [-0.05, 0) is 32.4 Å². The molecule has 0 saturated carbocycles. The van der Waals surface area contributed by atoms with E-state index in [4.69, 9.17) is 5.73 Å². The monoisotopic (exact) mass is 243 g/mol. The molecule has 2 N–H and O–H groups in total. The lowest BCUT2D eigenvalue weighted by atomic mass is 10.1. The first-order chi connectivity index (χ1) is 7.34. The molecule has 0 aliphatic carbocycles. The second-order valence-electron chi connectivity index (χ2n) is 4.73. The van der Waals surface area contributed by atoms with Crippen LogP contribution in [-0.2, 0) is 23.1 Å². The van der Waals surface area contributed by atoms with Crippen molar-refractivity contribution in [2.45, 2.75) is 37.8 Å². The zero-order valence-corrected chi connectivity index (χ0v) is 10.7. The van der Waals surface area contributed by atoms with Gasteiger partial charge in [0.25, 0.3) is 0 Å². The average molecular weight is 243 g/mol. The molecule has 4 heteroatoms. The summed E-state index contributed by atoms with van der Waals surface area (Å²) in [6.45, 7) is 5.97. The Morgan fingerprint density at radius 2 is 2.00 bits per heavy atom. The lowest BCUT2D eigenvalue weighted by Gasteiger charge is -2.18. The van der Waals surface area contributed by atoms with Crippen LogP contribution < -0.4 is 5.73 Å². The van der Waals surface area contributed by atoms with Crippen molar-refractivity contribution in [3.8, 4) is 0 Å². The molecule has 16 heavy (non-hydrogen) atoms. The molecular weight excluding hydrogens is 225 g/mol. The highest BCUT2D eigenvalue weighted by Crippen LogP contribution is 2.19. The highest BCUT2D eigenvalue weighted by atomic mass is 32.2. The van der Waals surface area contributed by atoms with E-state index in [0.29, 0.717) is 12.1 Å². The van der Waals surface area contributed by atoms with Gasteiger partial charge in [-0.2, -0.15) is 0 Å². The normalized spacial score (nSPS) is 13.8. The van der Waals surface area contributed by atoms with Gasteiger partial charge >= 0.3 is 0 Å². The van der Waals surface area contributed by atoms with Crippen molar-refractivity contribution in [2.24, 2.45) is 5.73 Å². The van der Waals surface area contributed by atoms with Crippen molar-refractivity contribution in [2.75, 3.05) is 0 Å². The van der Waals surface area contributed by atoms with Crippen LogP contribution in [0.15, 0.2) is 18.2 Å². The van der Waals surface area contributed by atoms with E-state index in [1.54, 1.807) is 12.1 Å².